The number of nitrogens with zero attached hydrogens (tertiary/aromatic N) is 5. The molecule has 2 amide bonds. The van der Waals surface area contributed by atoms with Crippen LogP contribution in [0, 0.1) is 0 Å². The largest absolute Gasteiger partial charge is 0.375 e. The van der Waals surface area contributed by atoms with Gasteiger partial charge in [-0.1, -0.05) is 0 Å². The van der Waals surface area contributed by atoms with E-state index in [0.29, 0.717) is 24.7 Å². The molecular weight excluding hydrogens is 360 g/mol. The minimum absolute atomic E-state index is 0.00326. The zero-order valence-corrected chi connectivity index (χ0v) is 16.2. The summed E-state index contributed by atoms with van der Waals surface area (Å²) in [5.74, 6) is -0.271. The number of hydrogen-bond donors (Lipinski definition) is 1. The van der Waals surface area contributed by atoms with Crippen LogP contribution in [-0.2, 0) is 16.6 Å². The van der Waals surface area contributed by atoms with Crippen LogP contribution in [-0.4, -0.2) is 69.1 Å². The molecule has 28 heavy (non-hydrogen) atoms. The van der Waals surface area contributed by atoms with E-state index in [-0.39, 0.29) is 30.4 Å². The second-order valence-electron chi connectivity index (χ2n) is 7.60. The average molecular weight is 386 g/mol. The molecule has 9 heteroatoms. The van der Waals surface area contributed by atoms with E-state index in [1.807, 2.05) is 24.0 Å². The third-order valence-electron chi connectivity index (χ3n) is 5.76. The lowest BCUT2D eigenvalue weighted by atomic mass is 9.93. The third kappa shape index (κ3) is 3.54. The lowest BCUT2D eigenvalue weighted by molar-refractivity contribution is -0.125. The summed E-state index contributed by atoms with van der Waals surface area (Å²) in [5, 5.41) is 11.6. The van der Waals surface area contributed by atoms with Crippen molar-refractivity contribution in [2.24, 2.45) is 7.05 Å². The normalized spacial score (nSPS) is 22.3. The predicted molar refractivity (Wildman–Crippen MR) is 101 cm³/mol. The van der Waals surface area contributed by atoms with Crippen molar-refractivity contribution in [2.75, 3.05) is 26.8 Å². The molecular formula is C19H26N6O3. The molecule has 2 atom stereocenters. The molecule has 1 N–H and O–H groups in total. The van der Waals surface area contributed by atoms with Crippen molar-refractivity contribution in [2.45, 2.75) is 37.3 Å². The minimum Gasteiger partial charge on any atom is -0.375 e. The van der Waals surface area contributed by atoms with E-state index in [9.17, 15) is 9.59 Å². The van der Waals surface area contributed by atoms with E-state index in [0.717, 1.165) is 18.5 Å². The number of aromatic nitrogens is 4. The summed E-state index contributed by atoms with van der Waals surface area (Å²) in [4.78, 5) is 26.9. The monoisotopic (exact) mass is 386 g/mol. The van der Waals surface area contributed by atoms with Gasteiger partial charge < -0.3 is 15.0 Å². The molecule has 0 spiro atoms. The number of methoxy groups -OCH3 is 1. The van der Waals surface area contributed by atoms with Crippen molar-refractivity contribution >= 4 is 11.8 Å². The van der Waals surface area contributed by atoms with Crippen molar-refractivity contribution in [1.29, 1.82) is 0 Å². The number of carbonyl (C=O) groups excluding carboxylic acids is 2. The second-order valence-corrected chi connectivity index (χ2v) is 7.60. The van der Waals surface area contributed by atoms with Crippen molar-refractivity contribution in [3.8, 4) is 0 Å². The lowest BCUT2D eigenvalue weighted by Crippen LogP contribution is -2.42. The van der Waals surface area contributed by atoms with Gasteiger partial charge in [0, 0.05) is 51.3 Å². The number of ether oxygens (including phenoxy) is 1. The highest BCUT2D eigenvalue weighted by Crippen LogP contribution is 2.32. The molecule has 0 bridgehead atoms. The first-order valence-electron chi connectivity index (χ1n) is 9.66. The van der Waals surface area contributed by atoms with Gasteiger partial charge in [0.2, 0.25) is 5.91 Å². The first-order valence-corrected chi connectivity index (χ1v) is 9.66. The Morgan fingerprint density at radius 2 is 2.11 bits per heavy atom. The van der Waals surface area contributed by atoms with Crippen LogP contribution in [0.15, 0.2) is 24.7 Å². The fraction of sp³-hybridized carbons (Fsp3) is 0.579. The molecule has 2 aromatic heterocycles. The Kier molecular flexibility index (Phi) is 5.17. The predicted octanol–water partition coefficient (Wildman–Crippen LogP) is 0.712. The second kappa shape index (κ2) is 7.75. The van der Waals surface area contributed by atoms with Crippen molar-refractivity contribution in [3.63, 3.8) is 0 Å². The highest BCUT2D eigenvalue weighted by atomic mass is 16.5. The van der Waals surface area contributed by atoms with Crippen LogP contribution in [0.1, 0.15) is 47.3 Å². The summed E-state index contributed by atoms with van der Waals surface area (Å²) >= 11 is 0. The summed E-state index contributed by atoms with van der Waals surface area (Å²) < 4.78 is 8.63. The molecule has 0 aromatic carbocycles. The van der Waals surface area contributed by atoms with E-state index in [1.165, 1.54) is 13.5 Å². The van der Waals surface area contributed by atoms with Gasteiger partial charge in [-0.3, -0.25) is 19.0 Å². The zero-order valence-electron chi connectivity index (χ0n) is 16.2. The lowest BCUT2D eigenvalue weighted by Gasteiger charge is -2.25. The van der Waals surface area contributed by atoms with Gasteiger partial charge in [-0.25, -0.2) is 0 Å². The van der Waals surface area contributed by atoms with Gasteiger partial charge in [0.15, 0.2) is 0 Å². The van der Waals surface area contributed by atoms with Gasteiger partial charge >= 0.3 is 0 Å². The van der Waals surface area contributed by atoms with Crippen LogP contribution < -0.4 is 5.32 Å². The molecule has 2 aliphatic rings. The first kappa shape index (κ1) is 18.7. The van der Waals surface area contributed by atoms with Gasteiger partial charge in [0.05, 0.1) is 23.8 Å². The Bertz CT molecular complexity index is 855. The Hall–Kier alpha value is -2.68. The Balaban J connectivity index is 1.51. The van der Waals surface area contributed by atoms with Gasteiger partial charge in [0.1, 0.15) is 6.61 Å². The number of nitrogens with one attached hydrogen (secondary N) is 1. The van der Waals surface area contributed by atoms with E-state index in [4.69, 9.17) is 4.74 Å². The number of carbonyl (C=O) groups is 2. The fourth-order valence-electron chi connectivity index (χ4n) is 4.02. The summed E-state index contributed by atoms with van der Waals surface area (Å²) in [7, 11) is 3.36. The Morgan fingerprint density at radius 3 is 2.75 bits per heavy atom. The highest BCUT2D eigenvalue weighted by Gasteiger charge is 2.39. The zero-order chi connectivity index (χ0) is 19.7. The highest BCUT2D eigenvalue weighted by molar-refractivity contribution is 5.94. The standard InChI is InChI=1S/C19H26N6O3/c1-23-17(6-7-20-23)15-10-24(11-16(15)22-18(26)12-28-2)19(27)13-8-21-25(9-13)14-4-3-5-14/h6-9,14-16H,3-5,10-12H2,1-2H3,(H,22,26)/t15-,16-/m1/s1. The molecule has 9 nitrogen and oxygen atoms in total. The molecule has 2 aromatic rings. The summed E-state index contributed by atoms with van der Waals surface area (Å²) in [5.41, 5.74) is 1.59. The summed E-state index contributed by atoms with van der Waals surface area (Å²) in [6.07, 6.45) is 8.69. The molecule has 0 unspecified atom stereocenters. The third-order valence-corrected chi connectivity index (χ3v) is 5.76. The number of rotatable bonds is 6. The van der Waals surface area contributed by atoms with Crippen molar-refractivity contribution < 1.29 is 14.3 Å². The van der Waals surface area contributed by atoms with Crippen LogP contribution in [0.2, 0.25) is 0 Å². The molecule has 3 heterocycles. The smallest absolute Gasteiger partial charge is 0.257 e. The van der Waals surface area contributed by atoms with Gasteiger partial charge in [-0.05, 0) is 25.3 Å². The minimum atomic E-state index is -0.191. The molecule has 1 saturated carbocycles. The molecule has 1 aliphatic heterocycles. The van der Waals surface area contributed by atoms with E-state index in [1.54, 1.807) is 22.0 Å². The molecule has 1 aliphatic carbocycles. The van der Waals surface area contributed by atoms with Gasteiger partial charge in [-0.2, -0.15) is 10.2 Å². The number of aryl methyl sites for hydroxylation is 1. The maximum Gasteiger partial charge on any atom is 0.257 e. The first-order chi connectivity index (χ1) is 13.6. The molecule has 150 valence electrons. The quantitative estimate of drug-likeness (QED) is 0.789. The van der Waals surface area contributed by atoms with Crippen LogP contribution in [0.3, 0.4) is 0 Å². The molecule has 4 rings (SSSR count). The van der Waals surface area contributed by atoms with Crippen LogP contribution in [0.5, 0.6) is 0 Å². The molecule has 0 radical (unpaired) electrons. The van der Waals surface area contributed by atoms with E-state index in [2.05, 4.69) is 15.5 Å². The topological polar surface area (TPSA) is 94.3 Å². The summed E-state index contributed by atoms with van der Waals surface area (Å²) in [6.45, 7) is 0.959. The fourth-order valence-corrected chi connectivity index (χ4v) is 4.02. The maximum atomic E-state index is 13.1. The Labute approximate surface area is 163 Å². The number of amides is 2. The van der Waals surface area contributed by atoms with Gasteiger partial charge in [-0.15, -0.1) is 0 Å². The number of hydrogen-bond acceptors (Lipinski definition) is 5. The summed E-state index contributed by atoms with van der Waals surface area (Å²) in [6, 6.07) is 2.16. The molecule has 1 saturated heterocycles. The van der Waals surface area contributed by atoms with Gasteiger partial charge in [0.25, 0.3) is 5.91 Å². The van der Waals surface area contributed by atoms with E-state index >= 15 is 0 Å². The van der Waals surface area contributed by atoms with Crippen LogP contribution in [0.4, 0.5) is 0 Å². The average Bonchev–Trinajstić information content (AvgIpc) is 3.33. The van der Waals surface area contributed by atoms with Crippen molar-refractivity contribution in [1.82, 2.24) is 29.8 Å². The molecule has 2 fully saturated rings. The van der Waals surface area contributed by atoms with Crippen LogP contribution >= 0.6 is 0 Å². The Morgan fingerprint density at radius 1 is 1.29 bits per heavy atom. The maximum absolute atomic E-state index is 13.1. The van der Waals surface area contributed by atoms with E-state index < -0.39 is 0 Å². The van der Waals surface area contributed by atoms with Crippen LogP contribution in [0.25, 0.3) is 0 Å². The van der Waals surface area contributed by atoms with Crippen molar-refractivity contribution in [3.05, 3.63) is 35.9 Å². The number of likely N-dealkylation sites (tertiary alicyclic amines) is 1. The SMILES string of the molecule is COCC(=O)N[C@@H]1CN(C(=O)c2cnn(C3CCC3)c2)C[C@H]1c1ccnn1C.